The molecular weight excluding hydrogens is 228 g/mol. The van der Waals surface area contributed by atoms with Crippen molar-refractivity contribution in [1.82, 2.24) is 5.32 Å². The maximum Gasteiger partial charge on any atom is 0.261 e. The SMILES string of the molecule is OC(CNCCOCC(F)F)CC1CCCC1. The monoisotopic (exact) mass is 251 g/mol. The zero-order valence-electron chi connectivity index (χ0n) is 10.2. The predicted molar refractivity (Wildman–Crippen MR) is 62.3 cm³/mol. The lowest BCUT2D eigenvalue weighted by atomic mass is 10.0. The van der Waals surface area contributed by atoms with E-state index in [9.17, 15) is 13.9 Å². The zero-order chi connectivity index (χ0) is 12.5. The smallest absolute Gasteiger partial charge is 0.261 e. The Hall–Kier alpha value is -0.260. The summed E-state index contributed by atoms with van der Waals surface area (Å²) < 4.78 is 28.1. The first kappa shape index (κ1) is 14.8. The third-order valence-electron chi connectivity index (χ3n) is 3.13. The normalized spacial score (nSPS) is 19.1. The Labute approximate surface area is 102 Å². The second kappa shape index (κ2) is 8.78. The number of hydrogen-bond acceptors (Lipinski definition) is 3. The summed E-state index contributed by atoms with van der Waals surface area (Å²) in [5.41, 5.74) is 0. The molecule has 1 aliphatic rings. The molecule has 0 amide bonds. The molecule has 1 unspecified atom stereocenters. The fourth-order valence-electron chi connectivity index (χ4n) is 2.30. The summed E-state index contributed by atoms with van der Waals surface area (Å²) in [4.78, 5) is 0. The van der Waals surface area contributed by atoms with Crippen molar-refractivity contribution in [2.75, 3.05) is 26.3 Å². The molecule has 0 radical (unpaired) electrons. The van der Waals surface area contributed by atoms with Crippen LogP contribution in [0.3, 0.4) is 0 Å². The van der Waals surface area contributed by atoms with E-state index in [4.69, 9.17) is 4.74 Å². The van der Waals surface area contributed by atoms with Gasteiger partial charge in [-0.1, -0.05) is 25.7 Å². The van der Waals surface area contributed by atoms with Crippen LogP contribution < -0.4 is 5.32 Å². The van der Waals surface area contributed by atoms with Crippen LogP contribution in [0, 0.1) is 5.92 Å². The van der Waals surface area contributed by atoms with Crippen LogP contribution in [0.4, 0.5) is 8.78 Å². The molecule has 0 aliphatic heterocycles. The zero-order valence-corrected chi connectivity index (χ0v) is 10.2. The molecule has 0 saturated heterocycles. The van der Waals surface area contributed by atoms with Gasteiger partial charge < -0.3 is 15.2 Å². The summed E-state index contributed by atoms with van der Waals surface area (Å²) >= 11 is 0. The largest absolute Gasteiger partial charge is 0.392 e. The van der Waals surface area contributed by atoms with Crippen LogP contribution in [0.1, 0.15) is 32.1 Å². The third kappa shape index (κ3) is 7.63. The molecule has 1 fully saturated rings. The summed E-state index contributed by atoms with van der Waals surface area (Å²) in [7, 11) is 0. The van der Waals surface area contributed by atoms with Gasteiger partial charge in [0.05, 0.1) is 12.7 Å². The Morgan fingerprint density at radius 3 is 2.65 bits per heavy atom. The Morgan fingerprint density at radius 2 is 2.00 bits per heavy atom. The Bertz CT molecular complexity index is 187. The van der Waals surface area contributed by atoms with Gasteiger partial charge >= 0.3 is 0 Å². The molecule has 0 aromatic heterocycles. The number of aliphatic hydroxyl groups is 1. The molecule has 1 atom stereocenters. The van der Waals surface area contributed by atoms with Crippen LogP contribution >= 0.6 is 0 Å². The summed E-state index contributed by atoms with van der Waals surface area (Å²) in [5.74, 6) is 0.668. The van der Waals surface area contributed by atoms with Gasteiger partial charge in [-0.2, -0.15) is 0 Å². The Kier molecular flexibility index (Phi) is 7.64. The maximum atomic E-state index is 11.7. The fraction of sp³-hybridized carbons (Fsp3) is 1.00. The van der Waals surface area contributed by atoms with Gasteiger partial charge in [-0.15, -0.1) is 0 Å². The molecular formula is C12H23F2NO2. The van der Waals surface area contributed by atoms with Crippen molar-refractivity contribution in [1.29, 1.82) is 0 Å². The maximum absolute atomic E-state index is 11.7. The number of aliphatic hydroxyl groups excluding tert-OH is 1. The number of nitrogens with one attached hydrogen (secondary N) is 1. The molecule has 0 aromatic carbocycles. The van der Waals surface area contributed by atoms with E-state index in [0.29, 0.717) is 19.0 Å². The lowest BCUT2D eigenvalue weighted by Crippen LogP contribution is -2.31. The highest BCUT2D eigenvalue weighted by Crippen LogP contribution is 2.28. The van der Waals surface area contributed by atoms with E-state index in [1.165, 1.54) is 25.7 Å². The van der Waals surface area contributed by atoms with E-state index in [1.807, 2.05) is 0 Å². The number of halogens is 2. The summed E-state index contributed by atoms with van der Waals surface area (Å²) in [6.07, 6.45) is 3.16. The summed E-state index contributed by atoms with van der Waals surface area (Å²) in [5, 5.41) is 12.7. The average molecular weight is 251 g/mol. The van der Waals surface area contributed by atoms with E-state index >= 15 is 0 Å². The highest BCUT2D eigenvalue weighted by molar-refractivity contribution is 4.72. The molecule has 2 N–H and O–H groups in total. The lowest BCUT2D eigenvalue weighted by Gasteiger charge is -2.15. The number of alkyl halides is 2. The van der Waals surface area contributed by atoms with E-state index in [2.05, 4.69) is 5.32 Å². The van der Waals surface area contributed by atoms with Gasteiger partial charge in [-0.05, 0) is 12.3 Å². The fourth-order valence-corrected chi connectivity index (χ4v) is 2.30. The van der Waals surface area contributed by atoms with Crippen molar-refractivity contribution in [3.8, 4) is 0 Å². The van der Waals surface area contributed by atoms with Crippen LogP contribution in [0.15, 0.2) is 0 Å². The van der Waals surface area contributed by atoms with E-state index in [-0.39, 0.29) is 12.7 Å². The number of ether oxygens (including phenoxy) is 1. The van der Waals surface area contributed by atoms with Gasteiger partial charge in [-0.25, -0.2) is 8.78 Å². The van der Waals surface area contributed by atoms with E-state index in [1.54, 1.807) is 0 Å². The molecule has 0 heterocycles. The minimum absolute atomic E-state index is 0.264. The van der Waals surface area contributed by atoms with Crippen LogP contribution in [0.5, 0.6) is 0 Å². The highest BCUT2D eigenvalue weighted by atomic mass is 19.3. The molecule has 17 heavy (non-hydrogen) atoms. The Morgan fingerprint density at radius 1 is 1.29 bits per heavy atom. The topological polar surface area (TPSA) is 41.5 Å². The van der Waals surface area contributed by atoms with Gasteiger partial charge in [0.2, 0.25) is 0 Å². The minimum Gasteiger partial charge on any atom is -0.392 e. The molecule has 102 valence electrons. The molecule has 3 nitrogen and oxygen atoms in total. The third-order valence-corrected chi connectivity index (χ3v) is 3.13. The van der Waals surface area contributed by atoms with Gasteiger partial charge in [-0.3, -0.25) is 0 Å². The second-order valence-electron chi connectivity index (χ2n) is 4.71. The summed E-state index contributed by atoms with van der Waals surface area (Å²) in [6.45, 7) is 0.787. The predicted octanol–water partition coefficient (Wildman–Crippen LogP) is 1.80. The number of rotatable bonds is 9. The molecule has 0 aromatic rings. The van der Waals surface area contributed by atoms with Gasteiger partial charge in [0.25, 0.3) is 6.43 Å². The van der Waals surface area contributed by atoms with E-state index < -0.39 is 13.0 Å². The Balaban J connectivity index is 1.87. The molecule has 1 aliphatic carbocycles. The first-order valence-electron chi connectivity index (χ1n) is 6.43. The van der Waals surface area contributed by atoms with Crippen molar-refractivity contribution in [3.05, 3.63) is 0 Å². The van der Waals surface area contributed by atoms with Gasteiger partial charge in [0.15, 0.2) is 0 Å². The van der Waals surface area contributed by atoms with Crippen molar-refractivity contribution in [3.63, 3.8) is 0 Å². The van der Waals surface area contributed by atoms with Crippen molar-refractivity contribution >= 4 is 0 Å². The quantitative estimate of drug-likeness (QED) is 0.614. The van der Waals surface area contributed by atoms with Gasteiger partial charge in [0.1, 0.15) is 6.61 Å². The van der Waals surface area contributed by atoms with Gasteiger partial charge in [0, 0.05) is 13.1 Å². The van der Waals surface area contributed by atoms with Crippen molar-refractivity contribution < 1.29 is 18.6 Å². The number of hydrogen-bond donors (Lipinski definition) is 2. The average Bonchev–Trinajstić information content (AvgIpc) is 2.75. The first-order valence-corrected chi connectivity index (χ1v) is 6.43. The molecule has 5 heteroatoms. The van der Waals surface area contributed by atoms with E-state index in [0.717, 1.165) is 6.42 Å². The first-order chi connectivity index (χ1) is 8.18. The molecule has 1 rings (SSSR count). The van der Waals surface area contributed by atoms with Crippen LogP contribution in [-0.2, 0) is 4.74 Å². The lowest BCUT2D eigenvalue weighted by molar-refractivity contribution is 0.0179. The van der Waals surface area contributed by atoms with Crippen molar-refractivity contribution in [2.24, 2.45) is 5.92 Å². The highest BCUT2D eigenvalue weighted by Gasteiger charge is 2.18. The standard InChI is InChI=1S/C12H23F2NO2/c13-12(14)9-17-6-5-15-8-11(16)7-10-3-1-2-4-10/h10-12,15-16H,1-9H2. The van der Waals surface area contributed by atoms with Crippen LogP contribution in [-0.4, -0.2) is 43.9 Å². The van der Waals surface area contributed by atoms with Crippen LogP contribution in [0.2, 0.25) is 0 Å². The summed E-state index contributed by atoms with van der Waals surface area (Å²) in [6, 6.07) is 0. The molecule has 1 saturated carbocycles. The van der Waals surface area contributed by atoms with Crippen molar-refractivity contribution in [2.45, 2.75) is 44.6 Å². The second-order valence-corrected chi connectivity index (χ2v) is 4.71. The minimum atomic E-state index is -2.40. The molecule has 0 bridgehead atoms. The van der Waals surface area contributed by atoms with Crippen LogP contribution in [0.25, 0.3) is 0 Å². The molecule has 0 spiro atoms.